The van der Waals surface area contributed by atoms with Crippen LogP contribution in [0.3, 0.4) is 0 Å². The van der Waals surface area contributed by atoms with Crippen LogP contribution in [0.2, 0.25) is 5.02 Å². The van der Waals surface area contributed by atoms with Crippen LogP contribution in [0.1, 0.15) is 10.9 Å². The van der Waals surface area contributed by atoms with E-state index in [0.29, 0.717) is 10.8 Å². The van der Waals surface area contributed by atoms with Crippen LogP contribution in [0.25, 0.3) is 11.3 Å². The van der Waals surface area contributed by atoms with Crippen LogP contribution < -0.4 is 5.32 Å². The molecule has 2 atom stereocenters. The smallest absolute Gasteiger partial charge is 0.321 e. The lowest BCUT2D eigenvalue weighted by atomic mass is 10.1. The quantitative estimate of drug-likeness (QED) is 0.812. The minimum atomic E-state index is -0.823. The van der Waals surface area contributed by atoms with E-state index in [2.05, 4.69) is 15.5 Å². The van der Waals surface area contributed by atoms with Gasteiger partial charge < -0.3 is 5.11 Å². The van der Waals surface area contributed by atoms with E-state index in [1.165, 1.54) is 0 Å². The van der Waals surface area contributed by atoms with Crippen molar-refractivity contribution < 1.29 is 9.90 Å². The molecule has 1 aliphatic heterocycles. The molecule has 0 saturated carbocycles. The number of nitrogens with zero attached hydrogens (tertiary/aromatic N) is 1. The Morgan fingerprint density at radius 3 is 2.80 bits per heavy atom. The summed E-state index contributed by atoms with van der Waals surface area (Å²) in [6.45, 7) is 0. The van der Waals surface area contributed by atoms with Gasteiger partial charge in [0.1, 0.15) is 6.04 Å². The number of hydrogen-bond donors (Lipinski definition) is 3. The molecule has 20 heavy (non-hydrogen) atoms. The van der Waals surface area contributed by atoms with E-state index in [9.17, 15) is 4.79 Å². The number of thioether (sulfide) groups is 1. The van der Waals surface area contributed by atoms with Crippen molar-refractivity contribution >= 4 is 29.3 Å². The van der Waals surface area contributed by atoms with Gasteiger partial charge >= 0.3 is 5.97 Å². The molecule has 0 radical (unpaired) electrons. The zero-order chi connectivity index (χ0) is 14.1. The Morgan fingerprint density at radius 2 is 2.15 bits per heavy atom. The maximum atomic E-state index is 11.0. The Kier molecular flexibility index (Phi) is 3.69. The molecule has 3 N–H and O–H groups in total. The number of H-pyrrole nitrogens is 1. The minimum absolute atomic E-state index is 0.0690. The van der Waals surface area contributed by atoms with Gasteiger partial charge in [-0.15, -0.1) is 11.8 Å². The van der Waals surface area contributed by atoms with Gasteiger partial charge in [0.15, 0.2) is 0 Å². The molecule has 3 rings (SSSR count). The second-order valence-corrected chi connectivity index (χ2v) is 6.05. The first-order valence-electron chi connectivity index (χ1n) is 6.05. The van der Waals surface area contributed by atoms with Crippen molar-refractivity contribution in [3.05, 3.63) is 41.0 Å². The van der Waals surface area contributed by atoms with Gasteiger partial charge in [0.25, 0.3) is 0 Å². The second-order valence-electron chi connectivity index (χ2n) is 4.48. The average molecular weight is 310 g/mol. The summed E-state index contributed by atoms with van der Waals surface area (Å²) in [6.07, 6.45) is 1.73. The Labute approximate surface area is 124 Å². The van der Waals surface area contributed by atoms with Crippen LogP contribution in [-0.2, 0) is 4.79 Å². The van der Waals surface area contributed by atoms with Gasteiger partial charge in [-0.05, 0) is 17.7 Å². The van der Waals surface area contributed by atoms with Crippen molar-refractivity contribution in [1.29, 1.82) is 0 Å². The number of benzene rings is 1. The number of carbonyl (C=O) groups is 1. The fourth-order valence-corrected chi connectivity index (χ4v) is 3.50. The molecule has 1 saturated heterocycles. The van der Waals surface area contributed by atoms with Crippen LogP contribution in [0, 0.1) is 0 Å². The molecule has 104 valence electrons. The van der Waals surface area contributed by atoms with Gasteiger partial charge in [0, 0.05) is 16.3 Å². The predicted molar refractivity (Wildman–Crippen MR) is 78.8 cm³/mol. The molecule has 0 aliphatic carbocycles. The first-order chi connectivity index (χ1) is 9.65. The Morgan fingerprint density at radius 1 is 1.40 bits per heavy atom. The third-order valence-corrected chi connectivity index (χ3v) is 4.67. The predicted octanol–water partition coefficient (Wildman–Crippen LogP) is 2.52. The monoisotopic (exact) mass is 309 g/mol. The van der Waals surface area contributed by atoms with Gasteiger partial charge in [-0.2, -0.15) is 5.10 Å². The lowest BCUT2D eigenvalue weighted by Gasteiger charge is -2.11. The fourth-order valence-electron chi connectivity index (χ4n) is 2.14. The standard InChI is InChI=1S/C13H12ClN3O2S/c14-8-3-1-7(2-4-8)11-9(5-15-17-11)12-16-10(6-20-12)13(18)19/h1-5,10,12,16H,6H2,(H,15,17)(H,18,19)/t10-,12+/m1/s1. The van der Waals surface area contributed by atoms with E-state index in [0.717, 1.165) is 16.8 Å². The second kappa shape index (κ2) is 5.47. The molecule has 0 bridgehead atoms. The van der Waals surface area contributed by atoms with Crippen LogP contribution in [-0.4, -0.2) is 33.1 Å². The minimum Gasteiger partial charge on any atom is -0.480 e. The summed E-state index contributed by atoms with van der Waals surface area (Å²) in [5.41, 5.74) is 2.82. The van der Waals surface area contributed by atoms with Gasteiger partial charge in [-0.1, -0.05) is 23.7 Å². The SMILES string of the molecule is O=C(O)[C@H]1CS[C@@H](c2cn[nH]c2-c2ccc(Cl)cc2)N1. The first-order valence-corrected chi connectivity index (χ1v) is 7.47. The highest BCUT2D eigenvalue weighted by atomic mass is 35.5. The van der Waals surface area contributed by atoms with E-state index in [1.807, 2.05) is 24.3 Å². The molecule has 0 spiro atoms. The summed E-state index contributed by atoms with van der Waals surface area (Å²) < 4.78 is 0. The molecule has 5 nitrogen and oxygen atoms in total. The lowest BCUT2D eigenvalue weighted by molar-refractivity contribution is -0.138. The summed E-state index contributed by atoms with van der Waals surface area (Å²) in [5, 5.41) is 19.8. The highest BCUT2D eigenvalue weighted by Gasteiger charge is 2.32. The molecular weight excluding hydrogens is 298 g/mol. The molecule has 0 amide bonds. The van der Waals surface area contributed by atoms with Gasteiger partial charge in [-0.25, -0.2) is 0 Å². The van der Waals surface area contributed by atoms with Crippen molar-refractivity contribution in [1.82, 2.24) is 15.5 Å². The van der Waals surface area contributed by atoms with E-state index in [1.54, 1.807) is 18.0 Å². The van der Waals surface area contributed by atoms with E-state index < -0.39 is 12.0 Å². The zero-order valence-electron chi connectivity index (χ0n) is 10.3. The third-order valence-electron chi connectivity index (χ3n) is 3.16. The Bertz CT molecular complexity index is 629. The third kappa shape index (κ3) is 2.54. The normalized spacial score (nSPS) is 22.1. The van der Waals surface area contributed by atoms with E-state index >= 15 is 0 Å². The molecular formula is C13H12ClN3O2S. The summed E-state index contributed by atoms with van der Waals surface area (Å²) in [6, 6.07) is 6.94. The largest absolute Gasteiger partial charge is 0.480 e. The number of aliphatic carboxylic acids is 1. The molecule has 1 aromatic carbocycles. The first kappa shape index (κ1) is 13.5. The summed E-state index contributed by atoms with van der Waals surface area (Å²) in [5.74, 6) is -0.276. The van der Waals surface area contributed by atoms with Gasteiger partial charge in [-0.3, -0.25) is 15.2 Å². The van der Waals surface area contributed by atoms with Crippen molar-refractivity contribution in [3.63, 3.8) is 0 Å². The van der Waals surface area contributed by atoms with Crippen LogP contribution in [0.15, 0.2) is 30.5 Å². The molecule has 2 heterocycles. The van der Waals surface area contributed by atoms with Crippen LogP contribution >= 0.6 is 23.4 Å². The van der Waals surface area contributed by atoms with Gasteiger partial charge in [0.2, 0.25) is 0 Å². The number of rotatable bonds is 3. The lowest BCUT2D eigenvalue weighted by Crippen LogP contribution is -2.33. The molecule has 0 unspecified atom stereocenters. The van der Waals surface area contributed by atoms with Crippen molar-refractivity contribution in [2.75, 3.05) is 5.75 Å². The van der Waals surface area contributed by atoms with E-state index in [4.69, 9.17) is 16.7 Å². The number of nitrogens with one attached hydrogen (secondary N) is 2. The molecule has 1 fully saturated rings. The summed E-state index contributed by atoms with van der Waals surface area (Å²) in [7, 11) is 0. The Balaban J connectivity index is 1.87. The van der Waals surface area contributed by atoms with Crippen molar-refractivity contribution in [2.24, 2.45) is 0 Å². The van der Waals surface area contributed by atoms with Crippen molar-refractivity contribution in [2.45, 2.75) is 11.4 Å². The van der Waals surface area contributed by atoms with Crippen LogP contribution in [0.5, 0.6) is 0 Å². The van der Waals surface area contributed by atoms with Gasteiger partial charge in [0.05, 0.1) is 17.3 Å². The van der Waals surface area contributed by atoms with Crippen molar-refractivity contribution in [3.8, 4) is 11.3 Å². The average Bonchev–Trinajstić information content (AvgIpc) is 3.08. The molecule has 1 aliphatic rings. The number of carboxylic acids is 1. The number of aromatic amines is 1. The summed E-state index contributed by atoms with van der Waals surface area (Å²) >= 11 is 7.46. The topological polar surface area (TPSA) is 78.0 Å². The zero-order valence-corrected chi connectivity index (χ0v) is 11.9. The molecule has 7 heteroatoms. The molecule has 2 aromatic rings. The maximum absolute atomic E-state index is 11.0. The summed E-state index contributed by atoms with van der Waals surface area (Å²) in [4.78, 5) is 11.0. The number of hydrogen-bond acceptors (Lipinski definition) is 4. The highest BCUT2D eigenvalue weighted by Crippen LogP contribution is 2.37. The van der Waals surface area contributed by atoms with Crippen LogP contribution in [0.4, 0.5) is 0 Å². The number of aromatic nitrogens is 2. The highest BCUT2D eigenvalue weighted by molar-refractivity contribution is 7.99. The Hall–Kier alpha value is -1.50. The van der Waals surface area contributed by atoms with E-state index in [-0.39, 0.29) is 5.37 Å². The maximum Gasteiger partial charge on any atom is 0.321 e. The molecule has 1 aromatic heterocycles. The number of carboxylic acid groups (broad SMARTS) is 1. The fraction of sp³-hybridized carbons (Fsp3) is 0.231. The number of halogens is 1.